The van der Waals surface area contributed by atoms with Crippen molar-refractivity contribution in [3.05, 3.63) is 24.3 Å². The molecule has 1 rings (SSSR count). The van der Waals surface area contributed by atoms with E-state index in [9.17, 15) is 0 Å². The van der Waals surface area contributed by atoms with Crippen molar-refractivity contribution in [2.75, 3.05) is 0 Å². The quantitative estimate of drug-likeness (QED) is 0.375. The van der Waals surface area contributed by atoms with Crippen molar-refractivity contribution in [3.63, 3.8) is 0 Å². The molecule has 46 valence electrons. The van der Waals surface area contributed by atoms with Crippen LogP contribution >= 0.6 is 0 Å². The van der Waals surface area contributed by atoms with Crippen LogP contribution in [0.5, 0.6) is 0 Å². The first kappa shape index (κ1) is 6.29. The zero-order chi connectivity index (χ0) is 6.69. The highest BCUT2D eigenvalue weighted by Gasteiger charge is 2.02. The Bertz CT molecular complexity index is 213. The van der Waals surface area contributed by atoms with Gasteiger partial charge in [0, 0.05) is 0 Å². The molecule has 0 aliphatic heterocycles. The van der Waals surface area contributed by atoms with Crippen LogP contribution in [0, 0.1) is 5.41 Å². The van der Waals surface area contributed by atoms with Gasteiger partial charge in [-0.25, -0.2) is 0 Å². The number of allylic oxidation sites excluding steroid dienone is 4. The van der Waals surface area contributed by atoms with Crippen molar-refractivity contribution >= 4 is 24.2 Å². The molecule has 0 unspecified atom stereocenters. The fourth-order valence-corrected chi connectivity index (χ4v) is 0.766. The zero-order valence-electron chi connectivity index (χ0n) is 4.76. The van der Waals surface area contributed by atoms with E-state index in [1.54, 1.807) is 12.2 Å². The molecule has 2 nitrogen and oxygen atoms in total. The Kier molecular flexibility index (Phi) is 1.85. The molecule has 9 heavy (non-hydrogen) atoms. The van der Waals surface area contributed by atoms with E-state index in [1.807, 2.05) is 12.2 Å². The molecule has 0 atom stereocenters. The number of nitrogens with one attached hydrogen (secondary N) is 1. The molecular weight excluding hydrogens is 132 g/mol. The van der Waals surface area contributed by atoms with Gasteiger partial charge in [-0.1, -0.05) is 16.5 Å². The predicted molar refractivity (Wildman–Crippen MR) is 43.6 cm³/mol. The summed E-state index contributed by atoms with van der Waals surface area (Å²) in [5.41, 5.74) is 1.10. The van der Waals surface area contributed by atoms with E-state index < -0.39 is 0 Å². The number of hydrogen-bond acceptors (Lipinski definition) is 2. The summed E-state index contributed by atoms with van der Waals surface area (Å²) in [6.07, 6.45) is 7.12. The van der Waals surface area contributed by atoms with Crippen molar-refractivity contribution in [2.45, 2.75) is 0 Å². The molecule has 0 aromatic heterocycles. The van der Waals surface area contributed by atoms with Gasteiger partial charge in [-0.2, -0.15) is 0 Å². The van der Waals surface area contributed by atoms with Crippen molar-refractivity contribution in [2.24, 2.45) is 4.40 Å². The SMILES string of the molecule is N=C1C=CC=CC1=N[SH2+]. The van der Waals surface area contributed by atoms with Gasteiger partial charge >= 0.3 is 0 Å². The van der Waals surface area contributed by atoms with Gasteiger partial charge in [-0.05, 0) is 12.2 Å². The Hall–Kier alpha value is -0.830. The lowest BCUT2D eigenvalue weighted by Crippen LogP contribution is -2.08. The van der Waals surface area contributed by atoms with Crippen LogP contribution in [-0.2, 0) is 12.8 Å². The maximum atomic E-state index is 7.25. The van der Waals surface area contributed by atoms with Crippen LogP contribution in [0.1, 0.15) is 0 Å². The first-order chi connectivity index (χ1) is 4.34. The molecule has 0 heterocycles. The van der Waals surface area contributed by atoms with E-state index >= 15 is 0 Å². The Labute approximate surface area is 59.1 Å². The number of nitrogens with zero attached hydrogens (tertiary/aromatic N) is 1. The third-order valence-electron chi connectivity index (χ3n) is 1.02. The van der Waals surface area contributed by atoms with Crippen LogP contribution in [0.2, 0.25) is 0 Å². The first-order valence-electron chi connectivity index (χ1n) is 2.52. The fraction of sp³-hybridized carbons (Fsp3) is 0. The van der Waals surface area contributed by atoms with Crippen molar-refractivity contribution in [3.8, 4) is 0 Å². The lowest BCUT2D eigenvalue weighted by molar-refractivity contribution is 1.54. The molecule has 0 fully saturated rings. The van der Waals surface area contributed by atoms with Gasteiger partial charge in [0.15, 0.2) is 0 Å². The summed E-state index contributed by atoms with van der Waals surface area (Å²) in [6.45, 7) is 0. The van der Waals surface area contributed by atoms with Crippen LogP contribution < -0.4 is 0 Å². The van der Waals surface area contributed by atoms with Gasteiger partial charge in [-0.3, -0.25) is 5.41 Å². The summed E-state index contributed by atoms with van der Waals surface area (Å²) in [6, 6.07) is 0. The topological polar surface area (TPSA) is 36.2 Å². The van der Waals surface area contributed by atoms with Crippen molar-refractivity contribution < 1.29 is 0 Å². The number of hydrogen-bond donors (Lipinski definition) is 1. The maximum absolute atomic E-state index is 7.25. The molecule has 1 N–H and O–H groups in total. The third-order valence-corrected chi connectivity index (χ3v) is 1.27. The molecule has 0 aromatic carbocycles. The van der Waals surface area contributed by atoms with E-state index in [0.29, 0.717) is 11.4 Å². The van der Waals surface area contributed by atoms with Gasteiger partial charge in [0.25, 0.3) is 0 Å². The molecule has 0 radical (unpaired) electrons. The summed E-state index contributed by atoms with van der Waals surface area (Å²) < 4.78 is 3.69. The standard InChI is InChI=1S/C6H6N2S/c7-5-3-1-2-4-6(5)8-9/h1-4,7,9H/p+1. The molecule has 0 amide bonds. The van der Waals surface area contributed by atoms with Gasteiger partial charge in [0.1, 0.15) is 5.71 Å². The predicted octanol–water partition coefficient (Wildman–Crippen LogP) is 0.500. The van der Waals surface area contributed by atoms with Crippen LogP contribution in [0.25, 0.3) is 0 Å². The van der Waals surface area contributed by atoms with Crippen LogP contribution in [0.4, 0.5) is 0 Å². The summed E-state index contributed by atoms with van der Waals surface area (Å²) in [5, 5.41) is 7.25. The molecule has 1 aliphatic carbocycles. The number of rotatable bonds is 0. The van der Waals surface area contributed by atoms with E-state index in [4.69, 9.17) is 5.41 Å². The Balaban J connectivity index is 2.91. The lowest BCUT2D eigenvalue weighted by atomic mass is 10.1. The average Bonchev–Trinajstić information content (AvgIpc) is 1.89. The Morgan fingerprint density at radius 1 is 1.33 bits per heavy atom. The second kappa shape index (κ2) is 2.64. The van der Waals surface area contributed by atoms with Gasteiger partial charge in [0.05, 0.1) is 18.5 Å². The molecule has 0 saturated heterocycles. The smallest absolute Gasteiger partial charge is 0.138 e. The van der Waals surface area contributed by atoms with E-state index in [2.05, 4.69) is 17.2 Å². The third kappa shape index (κ3) is 1.29. The van der Waals surface area contributed by atoms with E-state index in [0.717, 1.165) is 0 Å². The maximum Gasteiger partial charge on any atom is 0.138 e. The van der Waals surface area contributed by atoms with Gasteiger partial charge < -0.3 is 0 Å². The summed E-state index contributed by atoms with van der Waals surface area (Å²) >= 11 is 2.96. The normalized spacial score (nSPS) is 21.4. The van der Waals surface area contributed by atoms with Crippen molar-refractivity contribution in [1.29, 1.82) is 5.41 Å². The minimum Gasteiger partial charge on any atom is -0.298 e. The second-order valence-electron chi connectivity index (χ2n) is 1.63. The minimum absolute atomic E-state index is 0.438. The fourth-order valence-electron chi connectivity index (χ4n) is 0.571. The molecule has 1 aliphatic rings. The van der Waals surface area contributed by atoms with E-state index in [1.165, 1.54) is 0 Å². The second-order valence-corrected chi connectivity index (χ2v) is 1.85. The molecule has 0 spiro atoms. The van der Waals surface area contributed by atoms with Crippen LogP contribution in [0.15, 0.2) is 28.7 Å². The lowest BCUT2D eigenvalue weighted by Gasteiger charge is -1.95. The molecular formula is C6H7N2S+. The highest BCUT2D eigenvalue weighted by Crippen LogP contribution is 1.94. The largest absolute Gasteiger partial charge is 0.298 e. The summed E-state index contributed by atoms with van der Waals surface area (Å²) in [4.78, 5) is 0. The highest BCUT2D eigenvalue weighted by molar-refractivity contribution is 7.57. The monoisotopic (exact) mass is 139 g/mol. The molecule has 0 bridgehead atoms. The molecule has 0 saturated carbocycles. The highest BCUT2D eigenvalue weighted by atomic mass is 32.1. The molecule has 0 aromatic rings. The van der Waals surface area contributed by atoms with Gasteiger partial charge in [-0.15, -0.1) is 0 Å². The summed E-state index contributed by atoms with van der Waals surface area (Å²) in [7, 11) is 0. The van der Waals surface area contributed by atoms with Crippen LogP contribution in [-0.4, -0.2) is 11.4 Å². The summed E-state index contributed by atoms with van der Waals surface area (Å²) in [5.74, 6) is 0. The minimum atomic E-state index is 0.438. The zero-order valence-corrected chi connectivity index (χ0v) is 5.76. The van der Waals surface area contributed by atoms with Crippen molar-refractivity contribution in [1.82, 2.24) is 0 Å². The first-order valence-corrected chi connectivity index (χ1v) is 2.97. The Morgan fingerprint density at radius 3 is 2.44 bits per heavy atom. The molecule has 3 heteroatoms. The van der Waals surface area contributed by atoms with E-state index in [-0.39, 0.29) is 0 Å². The van der Waals surface area contributed by atoms with Crippen LogP contribution in [0.3, 0.4) is 0 Å². The average molecular weight is 139 g/mol. The Morgan fingerprint density at radius 2 is 2.00 bits per heavy atom. The van der Waals surface area contributed by atoms with Gasteiger partial charge in [0.2, 0.25) is 0 Å².